The third-order valence-corrected chi connectivity index (χ3v) is 3.23. The first-order valence-electron chi connectivity index (χ1n) is 7.08. The molecule has 120 valence electrons. The molecule has 5 nitrogen and oxygen atoms in total. The lowest BCUT2D eigenvalue weighted by atomic mass is 10.2. The van der Waals surface area contributed by atoms with Crippen LogP contribution < -0.4 is 23.0 Å². The number of aromatic nitrogens is 1. The monoisotopic (exact) mass is 330 g/mol. The molecule has 1 aromatic carbocycles. The first kappa shape index (κ1) is 16.9. The maximum absolute atomic E-state index is 12.0. The molecule has 0 atom stereocenters. The van der Waals surface area contributed by atoms with Crippen molar-refractivity contribution in [2.24, 2.45) is 0 Å². The molecule has 0 saturated carbocycles. The zero-order chi connectivity index (χ0) is 15.2. The van der Waals surface area contributed by atoms with Crippen molar-refractivity contribution < 1.29 is 21.6 Å². The summed E-state index contributed by atoms with van der Waals surface area (Å²) < 4.78 is 7.17. The van der Waals surface area contributed by atoms with Crippen LogP contribution in [0.2, 0.25) is 0 Å². The van der Waals surface area contributed by atoms with E-state index in [9.17, 15) is 4.79 Å². The third kappa shape index (κ3) is 4.48. The summed E-state index contributed by atoms with van der Waals surface area (Å²) >= 11 is 0. The molecular weight excluding hydrogens is 314 g/mol. The van der Waals surface area contributed by atoms with Crippen LogP contribution >= 0.6 is 0 Å². The van der Waals surface area contributed by atoms with Crippen LogP contribution in [0.15, 0.2) is 71.6 Å². The average molecular weight is 331 g/mol. The van der Waals surface area contributed by atoms with E-state index in [1.807, 2.05) is 65.5 Å². The summed E-state index contributed by atoms with van der Waals surface area (Å²) in [5, 5.41) is 5.98. The van der Waals surface area contributed by atoms with E-state index in [0.717, 1.165) is 17.1 Å². The first-order chi connectivity index (χ1) is 10.8. The molecule has 2 aromatic heterocycles. The first-order valence-corrected chi connectivity index (χ1v) is 7.08. The Hall–Kier alpha value is -2.50. The highest BCUT2D eigenvalue weighted by Crippen LogP contribution is 2.19. The van der Waals surface area contributed by atoms with Crippen LogP contribution in [0, 0.1) is 0 Å². The number of rotatable bonds is 6. The van der Waals surface area contributed by atoms with Gasteiger partial charge in [-0.25, -0.2) is 0 Å². The number of nitrogens with zero attached hydrogens (tertiary/aromatic N) is 1. The van der Waals surface area contributed by atoms with Crippen LogP contribution in [0.1, 0.15) is 5.76 Å². The molecular formula is C17H17ClN3O2-. The maximum Gasteiger partial charge on any atom is 0.238 e. The van der Waals surface area contributed by atoms with Gasteiger partial charge in [-0.2, -0.15) is 0 Å². The summed E-state index contributed by atoms with van der Waals surface area (Å²) in [4.78, 5) is 12.0. The van der Waals surface area contributed by atoms with Gasteiger partial charge in [-0.05, 0) is 36.4 Å². The van der Waals surface area contributed by atoms with Crippen LogP contribution in [0.4, 0.5) is 5.69 Å². The van der Waals surface area contributed by atoms with Gasteiger partial charge in [-0.15, -0.1) is 0 Å². The van der Waals surface area contributed by atoms with E-state index in [2.05, 4.69) is 10.6 Å². The van der Waals surface area contributed by atoms with Gasteiger partial charge in [0.15, 0.2) is 0 Å². The van der Waals surface area contributed by atoms with Crippen molar-refractivity contribution in [1.29, 1.82) is 0 Å². The SMILES string of the molecule is O=C(CNCc1ccco1)Nc1ccccc1-n1cccc1.[Cl-]. The van der Waals surface area contributed by atoms with Gasteiger partial charge in [-0.3, -0.25) is 4.79 Å². The number of halogens is 1. The summed E-state index contributed by atoms with van der Waals surface area (Å²) in [7, 11) is 0. The average Bonchev–Trinajstić information content (AvgIpc) is 3.21. The highest BCUT2D eigenvalue weighted by molar-refractivity contribution is 5.94. The highest BCUT2D eigenvalue weighted by Gasteiger charge is 2.07. The van der Waals surface area contributed by atoms with E-state index in [1.165, 1.54) is 0 Å². The summed E-state index contributed by atoms with van der Waals surface area (Å²) in [6, 6.07) is 15.3. The van der Waals surface area contributed by atoms with Gasteiger partial charge in [0.25, 0.3) is 0 Å². The van der Waals surface area contributed by atoms with E-state index in [4.69, 9.17) is 4.42 Å². The van der Waals surface area contributed by atoms with Crippen molar-refractivity contribution in [3.05, 3.63) is 72.9 Å². The minimum atomic E-state index is -0.0915. The molecule has 0 aliphatic rings. The third-order valence-electron chi connectivity index (χ3n) is 3.23. The van der Waals surface area contributed by atoms with Crippen LogP contribution in [-0.2, 0) is 11.3 Å². The van der Waals surface area contributed by atoms with Crippen molar-refractivity contribution in [2.45, 2.75) is 6.54 Å². The van der Waals surface area contributed by atoms with E-state index in [-0.39, 0.29) is 24.9 Å². The molecule has 0 saturated heterocycles. The fourth-order valence-corrected chi connectivity index (χ4v) is 2.21. The predicted octanol–water partition coefficient (Wildman–Crippen LogP) is -0.197. The van der Waals surface area contributed by atoms with Crippen LogP contribution in [-0.4, -0.2) is 17.0 Å². The van der Waals surface area contributed by atoms with E-state index in [1.54, 1.807) is 6.26 Å². The number of amides is 1. The lowest BCUT2D eigenvalue weighted by Gasteiger charge is -2.12. The van der Waals surface area contributed by atoms with Gasteiger partial charge in [0.2, 0.25) is 5.91 Å². The maximum atomic E-state index is 12.0. The molecule has 3 rings (SSSR count). The smallest absolute Gasteiger partial charge is 0.238 e. The minimum absolute atomic E-state index is 0. The van der Waals surface area contributed by atoms with Crippen molar-refractivity contribution in [2.75, 3.05) is 11.9 Å². The normalized spacial score (nSPS) is 10.1. The van der Waals surface area contributed by atoms with Crippen LogP contribution in [0.3, 0.4) is 0 Å². The number of carbonyl (C=O) groups is 1. The Labute approximate surface area is 140 Å². The molecule has 0 unspecified atom stereocenters. The van der Waals surface area contributed by atoms with Crippen LogP contribution in [0.5, 0.6) is 0 Å². The lowest BCUT2D eigenvalue weighted by Crippen LogP contribution is -3.00. The number of anilines is 1. The van der Waals surface area contributed by atoms with Gasteiger partial charge >= 0.3 is 0 Å². The Kier molecular flexibility index (Phi) is 6.02. The van der Waals surface area contributed by atoms with E-state index in [0.29, 0.717) is 6.54 Å². The van der Waals surface area contributed by atoms with Gasteiger partial charge in [0, 0.05) is 12.4 Å². The zero-order valence-electron chi connectivity index (χ0n) is 12.4. The van der Waals surface area contributed by atoms with E-state index < -0.39 is 0 Å². The minimum Gasteiger partial charge on any atom is -1.00 e. The van der Waals surface area contributed by atoms with Crippen molar-refractivity contribution in [3.63, 3.8) is 0 Å². The number of carbonyl (C=O) groups excluding carboxylic acids is 1. The fraction of sp³-hybridized carbons (Fsp3) is 0.118. The summed E-state index contributed by atoms with van der Waals surface area (Å²) in [6.07, 6.45) is 5.50. The molecule has 2 N–H and O–H groups in total. The second-order valence-electron chi connectivity index (χ2n) is 4.84. The summed E-state index contributed by atoms with van der Waals surface area (Å²) in [5.74, 6) is 0.715. The summed E-state index contributed by atoms with van der Waals surface area (Å²) in [5.41, 5.74) is 1.72. The zero-order valence-corrected chi connectivity index (χ0v) is 13.2. The molecule has 0 aliphatic carbocycles. The molecule has 6 heteroatoms. The molecule has 0 radical (unpaired) electrons. The van der Waals surface area contributed by atoms with Crippen molar-refractivity contribution in [3.8, 4) is 5.69 Å². The Morgan fingerprint density at radius 2 is 1.83 bits per heavy atom. The lowest BCUT2D eigenvalue weighted by molar-refractivity contribution is -0.115. The Balaban J connectivity index is 0.00000192. The molecule has 0 bridgehead atoms. The van der Waals surface area contributed by atoms with Crippen molar-refractivity contribution >= 4 is 11.6 Å². The number of hydrogen-bond acceptors (Lipinski definition) is 3. The van der Waals surface area contributed by atoms with Gasteiger partial charge in [0.1, 0.15) is 5.76 Å². The predicted molar refractivity (Wildman–Crippen MR) is 84.8 cm³/mol. The topological polar surface area (TPSA) is 59.2 Å². The molecule has 0 spiro atoms. The summed E-state index contributed by atoms with van der Waals surface area (Å²) in [6.45, 7) is 0.750. The fourth-order valence-electron chi connectivity index (χ4n) is 2.21. The molecule has 3 aromatic rings. The highest BCUT2D eigenvalue weighted by atomic mass is 35.5. The molecule has 2 heterocycles. The Bertz CT molecular complexity index is 724. The largest absolute Gasteiger partial charge is 1.00 e. The molecule has 0 aliphatic heterocycles. The van der Waals surface area contributed by atoms with Gasteiger partial charge in [-0.1, -0.05) is 12.1 Å². The number of furan rings is 1. The standard InChI is InChI=1S/C17H17N3O2.ClH/c21-17(13-18-12-14-6-5-11-22-14)19-15-7-1-2-8-16(15)20-9-3-4-10-20;/h1-11,18H,12-13H2,(H,19,21);1H/p-1. The second kappa shape index (κ2) is 8.22. The Morgan fingerprint density at radius 1 is 1.04 bits per heavy atom. The number of para-hydroxylation sites is 2. The molecule has 1 amide bonds. The van der Waals surface area contributed by atoms with E-state index >= 15 is 0 Å². The molecule has 23 heavy (non-hydrogen) atoms. The number of nitrogens with one attached hydrogen (secondary N) is 2. The van der Waals surface area contributed by atoms with Crippen LogP contribution in [0.25, 0.3) is 5.69 Å². The second-order valence-corrected chi connectivity index (χ2v) is 4.84. The number of benzene rings is 1. The quantitative estimate of drug-likeness (QED) is 0.658. The van der Waals surface area contributed by atoms with Gasteiger partial charge < -0.3 is 32.0 Å². The Morgan fingerprint density at radius 3 is 2.57 bits per heavy atom. The molecule has 0 fully saturated rings. The van der Waals surface area contributed by atoms with Crippen molar-refractivity contribution in [1.82, 2.24) is 9.88 Å². The number of hydrogen-bond donors (Lipinski definition) is 2. The van der Waals surface area contributed by atoms with Gasteiger partial charge in [0.05, 0.1) is 30.7 Å².